The average Bonchev–Trinajstić information content (AvgIpc) is 3.07. The van der Waals surface area contributed by atoms with E-state index in [0.29, 0.717) is 11.1 Å². The Bertz CT molecular complexity index is 1120. The SMILES string of the molecule is COc1cc(O)c(-c2ccoc2)c2oc3cccc(O)c3c(=O)c12. The molecule has 2 aromatic carbocycles. The van der Waals surface area contributed by atoms with Crippen LogP contribution in [0.3, 0.4) is 0 Å². The first kappa shape index (κ1) is 14.2. The molecule has 0 saturated heterocycles. The zero-order valence-electron chi connectivity index (χ0n) is 12.6. The highest BCUT2D eigenvalue weighted by Gasteiger charge is 2.22. The second-order valence-corrected chi connectivity index (χ2v) is 5.27. The van der Waals surface area contributed by atoms with E-state index in [2.05, 4.69) is 0 Å². The van der Waals surface area contributed by atoms with Crippen LogP contribution in [-0.4, -0.2) is 17.3 Å². The third-order valence-corrected chi connectivity index (χ3v) is 3.92. The molecule has 0 spiro atoms. The van der Waals surface area contributed by atoms with E-state index in [-0.39, 0.29) is 39.2 Å². The van der Waals surface area contributed by atoms with Crippen LogP contribution in [0, 0.1) is 0 Å². The van der Waals surface area contributed by atoms with Gasteiger partial charge in [0.25, 0.3) is 0 Å². The van der Waals surface area contributed by atoms with Crippen molar-refractivity contribution in [2.75, 3.05) is 7.11 Å². The van der Waals surface area contributed by atoms with E-state index in [4.69, 9.17) is 13.6 Å². The number of furan rings is 1. The minimum atomic E-state index is -0.439. The summed E-state index contributed by atoms with van der Waals surface area (Å²) in [5, 5.41) is 20.6. The van der Waals surface area contributed by atoms with Crippen molar-refractivity contribution < 1.29 is 23.8 Å². The lowest BCUT2D eigenvalue weighted by atomic mass is 10.0. The van der Waals surface area contributed by atoms with Crippen molar-refractivity contribution in [1.82, 2.24) is 0 Å². The van der Waals surface area contributed by atoms with Crippen LogP contribution in [0.25, 0.3) is 33.1 Å². The Kier molecular flexibility index (Phi) is 2.99. The largest absolute Gasteiger partial charge is 0.507 e. The van der Waals surface area contributed by atoms with Crippen LogP contribution in [0.15, 0.2) is 56.5 Å². The van der Waals surface area contributed by atoms with Gasteiger partial charge in [-0.15, -0.1) is 0 Å². The van der Waals surface area contributed by atoms with Crippen LogP contribution in [0.4, 0.5) is 0 Å². The summed E-state index contributed by atoms with van der Waals surface area (Å²) in [5.74, 6) is -0.125. The smallest absolute Gasteiger partial charge is 0.208 e. The molecule has 4 aromatic rings. The van der Waals surface area contributed by atoms with Gasteiger partial charge in [0.1, 0.15) is 33.6 Å². The molecule has 0 aliphatic carbocycles. The van der Waals surface area contributed by atoms with E-state index in [1.165, 1.54) is 31.8 Å². The van der Waals surface area contributed by atoms with Gasteiger partial charge in [-0.25, -0.2) is 0 Å². The Morgan fingerprint density at radius 2 is 1.92 bits per heavy atom. The molecule has 2 aromatic heterocycles. The second-order valence-electron chi connectivity index (χ2n) is 5.27. The fourth-order valence-corrected chi connectivity index (χ4v) is 2.85. The van der Waals surface area contributed by atoms with Gasteiger partial charge in [0.2, 0.25) is 5.43 Å². The van der Waals surface area contributed by atoms with Gasteiger partial charge in [-0.1, -0.05) is 6.07 Å². The topological polar surface area (TPSA) is 93.0 Å². The highest BCUT2D eigenvalue weighted by Crippen LogP contribution is 2.42. The molecule has 0 saturated carbocycles. The fraction of sp³-hybridized carbons (Fsp3) is 0.0556. The molecule has 2 N–H and O–H groups in total. The fourth-order valence-electron chi connectivity index (χ4n) is 2.85. The number of fused-ring (bicyclic) bond motifs is 2. The Morgan fingerprint density at radius 3 is 2.62 bits per heavy atom. The van der Waals surface area contributed by atoms with Crippen LogP contribution >= 0.6 is 0 Å². The second kappa shape index (κ2) is 5.06. The number of benzene rings is 2. The first-order valence-corrected chi connectivity index (χ1v) is 7.13. The van der Waals surface area contributed by atoms with Gasteiger partial charge in [-0.3, -0.25) is 4.79 Å². The molecule has 24 heavy (non-hydrogen) atoms. The van der Waals surface area contributed by atoms with E-state index >= 15 is 0 Å². The Hall–Kier alpha value is -3.41. The maximum Gasteiger partial charge on any atom is 0.208 e. The summed E-state index contributed by atoms with van der Waals surface area (Å²) in [6.07, 6.45) is 2.89. The molecule has 6 nitrogen and oxygen atoms in total. The minimum Gasteiger partial charge on any atom is -0.507 e. The van der Waals surface area contributed by atoms with E-state index in [1.54, 1.807) is 18.2 Å². The predicted molar refractivity (Wildman–Crippen MR) is 87.6 cm³/mol. The molecule has 0 amide bonds. The van der Waals surface area contributed by atoms with Crippen LogP contribution < -0.4 is 10.2 Å². The number of hydrogen-bond donors (Lipinski definition) is 2. The van der Waals surface area contributed by atoms with Crippen molar-refractivity contribution in [3.8, 4) is 28.4 Å². The van der Waals surface area contributed by atoms with Gasteiger partial charge < -0.3 is 23.8 Å². The standard InChI is InChI=1S/C18H12O6/c1-22-13-7-11(20)14(9-5-6-23-8-9)18-16(13)17(21)15-10(19)3-2-4-12(15)24-18/h2-8,19-20H,1H3. The van der Waals surface area contributed by atoms with Gasteiger partial charge in [-0.05, 0) is 18.2 Å². The lowest BCUT2D eigenvalue weighted by molar-refractivity contribution is 0.412. The number of ether oxygens (including phenoxy) is 1. The first-order chi connectivity index (χ1) is 11.6. The van der Waals surface area contributed by atoms with E-state index in [0.717, 1.165) is 0 Å². The molecule has 0 aliphatic rings. The van der Waals surface area contributed by atoms with E-state index in [9.17, 15) is 15.0 Å². The summed E-state index contributed by atoms with van der Waals surface area (Å²) in [6, 6.07) is 7.55. The van der Waals surface area contributed by atoms with Gasteiger partial charge in [0.15, 0.2) is 5.58 Å². The molecular formula is C18H12O6. The van der Waals surface area contributed by atoms with Crippen molar-refractivity contribution in [1.29, 1.82) is 0 Å². The number of aromatic hydroxyl groups is 2. The zero-order valence-corrected chi connectivity index (χ0v) is 12.6. The lowest BCUT2D eigenvalue weighted by Gasteiger charge is -2.12. The maximum absolute atomic E-state index is 12.9. The molecule has 2 heterocycles. The first-order valence-electron chi connectivity index (χ1n) is 7.13. The average molecular weight is 324 g/mol. The molecule has 0 atom stereocenters. The molecule has 120 valence electrons. The maximum atomic E-state index is 12.9. The monoisotopic (exact) mass is 324 g/mol. The molecule has 0 fully saturated rings. The molecular weight excluding hydrogens is 312 g/mol. The molecule has 4 rings (SSSR count). The van der Waals surface area contributed by atoms with Crippen molar-refractivity contribution in [2.24, 2.45) is 0 Å². The van der Waals surface area contributed by atoms with Gasteiger partial charge in [0.05, 0.1) is 25.2 Å². The molecule has 0 radical (unpaired) electrons. The highest BCUT2D eigenvalue weighted by atomic mass is 16.5. The Balaban J connectivity index is 2.29. The van der Waals surface area contributed by atoms with Crippen LogP contribution in [0.2, 0.25) is 0 Å². The van der Waals surface area contributed by atoms with Crippen molar-refractivity contribution >= 4 is 21.9 Å². The number of hydrogen-bond acceptors (Lipinski definition) is 6. The summed E-state index contributed by atoms with van der Waals surface area (Å²) in [6.45, 7) is 0. The summed E-state index contributed by atoms with van der Waals surface area (Å²) in [4.78, 5) is 12.9. The lowest BCUT2D eigenvalue weighted by Crippen LogP contribution is -2.05. The molecule has 0 bridgehead atoms. The zero-order chi connectivity index (χ0) is 16.8. The molecule has 0 unspecified atom stereocenters. The van der Waals surface area contributed by atoms with Crippen molar-refractivity contribution in [2.45, 2.75) is 0 Å². The number of methoxy groups -OCH3 is 1. The molecule has 0 aliphatic heterocycles. The predicted octanol–water partition coefficient (Wildman–Crippen LogP) is 3.63. The van der Waals surface area contributed by atoms with Gasteiger partial charge in [0, 0.05) is 11.6 Å². The summed E-state index contributed by atoms with van der Waals surface area (Å²) in [7, 11) is 1.39. The van der Waals surface area contributed by atoms with E-state index < -0.39 is 5.43 Å². The number of phenols is 2. The van der Waals surface area contributed by atoms with Crippen LogP contribution in [0.5, 0.6) is 17.2 Å². The summed E-state index contributed by atoms with van der Waals surface area (Å²) < 4.78 is 16.1. The summed E-state index contributed by atoms with van der Waals surface area (Å²) in [5.41, 5.74) is 0.817. The normalized spacial score (nSPS) is 11.2. The van der Waals surface area contributed by atoms with E-state index in [1.807, 2.05) is 0 Å². The number of phenolic OH excluding ortho intramolecular Hbond substituents is 2. The third kappa shape index (κ3) is 1.86. The third-order valence-electron chi connectivity index (χ3n) is 3.92. The summed E-state index contributed by atoms with van der Waals surface area (Å²) >= 11 is 0. The van der Waals surface area contributed by atoms with Crippen LogP contribution in [-0.2, 0) is 0 Å². The van der Waals surface area contributed by atoms with Gasteiger partial charge >= 0.3 is 0 Å². The molecule has 6 heteroatoms. The minimum absolute atomic E-state index is 0.0622. The quantitative estimate of drug-likeness (QED) is 0.547. The van der Waals surface area contributed by atoms with Gasteiger partial charge in [-0.2, -0.15) is 0 Å². The highest BCUT2D eigenvalue weighted by molar-refractivity contribution is 6.03. The van der Waals surface area contributed by atoms with Crippen molar-refractivity contribution in [3.63, 3.8) is 0 Å². The Morgan fingerprint density at radius 1 is 1.08 bits per heavy atom. The Labute approximate surface area is 135 Å². The van der Waals surface area contributed by atoms with Crippen molar-refractivity contribution in [3.05, 3.63) is 53.1 Å². The number of rotatable bonds is 2. The van der Waals surface area contributed by atoms with Crippen LogP contribution in [0.1, 0.15) is 0 Å².